The van der Waals surface area contributed by atoms with Crippen LogP contribution in [0.5, 0.6) is 0 Å². The molecular weight excluding hydrogens is 368 g/mol. The Morgan fingerprint density at radius 2 is 1.54 bits per heavy atom. The average molecular weight is 395 g/mol. The van der Waals surface area contributed by atoms with Crippen LogP contribution in [0.25, 0.3) is 0 Å². The van der Waals surface area contributed by atoms with Crippen LogP contribution in [0.15, 0.2) is 47.4 Å². The number of nitrogens with zero attached hydrogens (tertiary/aromatic N) is 2. The maximum absolute atomic E-state index is 13.5. The van der Waals surface area contributed by atoms with Crippen LogP contribution in [0.2, 0.25) is 0 Å². The number of likely N-dealkylation sites (N-methyl/N-ethyl adjacent to an activating group) is 1. The molecule has 3 rings (SSSR count). The van der Waals surface area contributed by atoms with Gasteiger partial charge in [0.15, 0.2) is 0 Å². The van der Waals surface area contributed by atoms with Gasteiger partial charge in [-0.3, -0.25) is 0 Å². The van der Waals surface area contributed by atoms with Crippen molar-refractivity contribution >= 4 is 22.4 Å². The van der Waals surface area contributed by atoms with Crippen LogP contribution in [0.3, 0.4) is 0 Å². The maximum atomic E-state index is 13.5. The van der Waals surface area contributed by atoms with Crippen molar-refractivity contribution in [1.29, 1.82) is 0 Å². The molecule has 0 amide bonds. The molecule has 2 aromatic carbocycles. The molecule has 0 bridgehead atoms. The number of halogens is 1. The van der Waals surface area contributed by atoms with Crippen LogP contribution in [0, 0.1) is 20.8 Å². The van der Waals surface area contributed by atoms with Crippen molar-refractivity contribution in [3.05, 3.63) is 64.7 Å². The third-order valence-electron chi connectivity index (χ3n) is 4.89. The Bertz CT molecular complexity index is 846. The molecule has 1 aliphatic heterocycles. The van der Waals surface area contributed by atoms with Gasteiger partial charge in [-0.1, -0.05) is 48.0 Å². The summed E-state index contributed by atoms with van der Waals surface area (Å²) in [6.07, 6.45) is 0. The minimum absolute atomic E-state index is 0. The molecular formula is C20H27ClN2O2S. The van der Waals surface area contributed by atoms with Crippen molar-refractivity contribution < 1.29 is 8.42 Å². The first-order valence-electron chi connectivity index (χ1n) is 8.64. The Balaban J connectivity index is 0.00000243. The Labute approximate surface area is 163 Å². The van der Waals surface area contributed by atoms with Crippen molar-refractivity contribution in [2.75, 3.05) is 26.7 Å². The molecule has 1 unspecified atom stereocenters. The largest absolute Gasteiger partial charge is 0.303 e. The summed E-state index contributed by atoms with van der Waals surface area (Å²) in [4.78, 5) is 2.65. The monoisotopic (exact) mass is 394 g/mol. The van der Waals surface area contributed by atoms with Crippen molar-refractivity contribution in [3.8, 4) is 0 Å². The zero-order valence-electron chi connectivity index (χ0n) is 15.8. The van der Waals surface area contributed by atoms with E-state index >= 15 is 0 Å². The van der Waals surface area contributed by atoms with Gasteiger partial charge in [0.2, 0.25) is 10.0 Å². The molecule has 0 saturated carbocycles. The normalized spacial score (nSPS) is 19.2. The van der Waals surface area contributed by atoms with E-state index in [0.29, 0.717) is 18.0 Å². The number of rotatable bonds is 3. The number of piperazine rings is 1. The second kappa shape index (κ2) is 8.09. The highest BCUT2D eigenvalue weighted by atomic mass is 35.5. The Morgan fingerprint density at radius 1 is 0.962 bits per heavy atom. The van der Waals surface area contributed by atoms with Crippen LogP contribution < -0.4 is 0 Å². The van der Waals surface area contributed by atoms with Gasteiger partial charge in [-0.2, -0.15) is 4.31 Å². The first-order chi connectivity index (χ1) is 11.8. The van der Waals surface area contributed by atoms with Gasteiger partial charge < -0.3 is 4.90 Å². The first-order valence-corrected chi connectivity index (χ1v) is 10.1. The zero-order chi connectivity index (χ0) is 18.2. The Kier molecular flexibility index (Phi) is 6.51. The summed E-state index contributed by atoms with van der Waals surface area (Å²) in [6.45, 7) is 7.73. The molecule has 0 aliphatic carbocycles. The van der Waals surface area contributed by atoms with E-state index in [1.54, 1.807) is 4.31 Å². The lowest BCUT2D eigenvalue weighted by Gasteiger charge is -2.39. The molecule has 26 heavy (non-hydrogen) atoms. The van der Waals surface area contributed by atoms with Crippen LogP contribution in [0.4, 0.5) is 0 Å². The summed E-state index contributed by atoms with van der Waals surface area (Å²) in [5.41, 5.74) is 3.78. The fraction of sp³-hybridized carbons (Fsp3) is 0.400. The van der Waals surface area contributed by atoms with Crippen molar-refractivity contribution in [2.45, 2.75) is 31.7 Å². The SMILES string of the molecule is Cc1cc(C)c(S(=O)(=O)N2CCN(C)CC2c2ccccc2)c(C)c1.Cl. The van der Waals surface area contributed by atoms with Gasteiger partial charge in [-0.15, -0.1) is 12.4 Å². The third-order valence-corrected chi connectivity index (χ3v) is 7.10. The predicted molar refractivity (Wildman–Crippen MR) is 108 cm³/mol. The summed E-state index contributed by atoms with van der Waals surface area (Å²) >= 11 is 0. The number of aryl methyl sites for hydroxylation is 3. The standard InChI is InChI=1S/C20H26N2O2S.ClH/c1-15-12-16(2)20(17(3)13-15)25(23,24)22-11-10-21(4)14-19(22)18-8-6-5-7-9-18;/h5-9,12-13,19H,10-11,14H2,1-4H3;1H. The minimum Gasteiger partial charge on any atom is -0.303 e. The highest BCUT2D eigenvalue weighted by Gasteiger charge is 2.37. The second-order valence-electron chi connectivity index (χ2n) is 7.03. The fourth-order valence-corrected chi connectivity index (χ4v) is 5.84. The van der Waals surface area contributed by atoms with E-state index in [1.165, 1.54) is 0 Å². The molecule has 0 spiro atoms. The quantitative estimate of drug-likeness (QED) is 0.796. The van der Waals surface area contributed by atoms with Crippen LogP contribution >= 0.6 is 12.4 Å². The molecule has 2 aromatic rings. The van der Waals surface area contributed by atoms with Gasteiger partial charge in [0.1, 0.15) is 0 Å². The number of hydrogen-bond donors (Lipinski definition) is 0. The molecule has 1 fully saturated rings. The van der Waals surface area contributed by atoms with Gasteiger partial charge in [0.25, 0.3) is 0 Å². The van der Waals surface area contributed by atoms with E-state index in [-0.39, 0.29) is 18.4 Å². The molecule has 142 valence electrons. The van der Waals surface area contributed by atoms with Crippen LogP contribution in [0.1, 0.15) is 28.3 Å². The summed E-state index contributed by atoms with van der Waals surface area (Å²) in [6, 6.07) is 13.7. The predicted octanol–water partition coefficient (Wildman–Crippen LogP) is 3.71. The summed E-state index contributed by atoms with van der Waals surface area (Å²) in [5.74, 6) is 0. The molecule has 4 nitrogen and oxygen atoms in total. The average Bonchev–Trinajstić information content (AvgIpc) is 2.54. The molecule has 6 heteroatoms. The van der Waals surface area contributed by atoms with Gasteiger partial charge in [-0.05, 0) is 44.5 Å². The van der Waals surface area contributed by atoms with E-state index in [1.807, 2.05) is 70.3 Å². The maximum Gasteiger partial charge on any atom is 0.244 e. The highest BCUT2D eigenvalue weighted by Crippen LogP contribution is 2.33. The van der Waals surface area contributed by atoms with E-state index < -0.39 is 10.0 Å². The van der Waals surface area contributed by atoms with Gasteiger partial charge >= 0.3 is 0 Å². The Morgan fingerprint density at radius 3 is 2.12 bits per heavy atom. The molecule has 0 aromatic heterocycles. The Hall–Kier alpha value is -1.40. The highest BCUT2D eigenvalue weighted by molar-refractivity contribution is 7.89. The molecule has 1 atom stereocenters. The molecule has 1 aliphatic rings. The first kappa shape index (κ1) is 20.9. The van der Waals surface area contributed by atoms with E-state index in [2.05, 4.69) is 4.90 Å². The lowest BCUT2D eigenvalue weighted by Crippen LogP contribution is -2.49. The van der Waals surface area contributed by atoms with Crippen molar-refractivity contribution in [1.82, 2.24) is 9.21 Å². The smallest absolute Gasteiger partial charge is 0.244 e. The zero-order valence-corrected chi connectivity index (χ0v) is 17.4. The fourth-order valence-electron chi connectivity index (χ4n) is 3.83. The molecule has 0 N–H and O–H groups in total. The van der Waals surface area contributed by atoms with Gasteiger partial charge in [0, 0.05) is 19.6 Å². The summed E-state index contributed by atoms with van der Waals surface area (Å²) in [5, 5.41) is 0. The second-order valence-corrected chi connectivity index (χ2v) is 8.86. The van der Waals surface area contributed by atoms with Crippen molar-refractivity contribution in [3.63, 3.8) is 0 Å². The van der Waals surface area contributed by atoms with Gasteiger partial charge in [-0.25, -0.2) is 8.42 Å². The number of hydrogen-bond acceptors (Lipinski definition) is 3. The number of sulfonamides is 1. The molecule has 1 saturated heterocycles. The topological polar surface area (TPSA) is 40.6 Å². The third kappa shape index (κ3) is 3.96. The number of benzene rings is 2. The molecule has 1 heterocycles. The lowest BCUT2D eigenvalue weighted by molar-refractivity contribution is 0.160. The van der Waals surface area contributed by atoms with Gasteiger partial charge in [0.05, 0.1) is 10.9 Å². The van der Waals surface area contributed by atoms with E-state index in [9.17, 15) is 8.42 Å². The van der Waals surface area contributed by atoms with Crippen LogP contribution in [-0.4, -0.2) is 44.3 Å². The van der Waals surface area contributed by atoms with Crippen LogP contribution in [-0.2, 0) is 10.0 Å². The summed E-state index contributed by atoms with van der Waals surface area (Å²) in [7, 11) is -1.51. The minimum atomic E-state index is -3.55. The molecule has 0 radical (unpaired) electrons. The lowest BCUT2D eigenvalue weighted by atomic mass is 10.1. The van der Waals surface area contributed by atoms with Crippen molar-refractivity contribution in [2.24, 2.45) is 0 Å². The van der Waals surface area contributed by atoms with E-state index in [0.717, 1.165) is 28.8 Å². The van der Waals surface area contributed by atoms with E-state index in [4.69, 9.17) is 0 Å². The summed E-state index contributed by atoms with van der Waals surface area (Å²) < 4.78 is 28.8.